The first-order valence-corrected chi connectivity index (χ1v) is 9.16. The molecule has 0 bridgehead atoms. The molecule has 0 saturated heterocycles. The standard InChI is InChI=1S/C13H15BrN2O3S2/c1-9-12(20-8-15-9)7-16(2)21(17,18)13-6-10(14)4-5-11(13)19-3/h4-6,8H,7H2,1-3H3. The van der Waals surface area contributed by atoms with Crippen LogP contribution in [0.2, 0.25) is 0 Å². The topological polar surface area (TPSA) is 59.5 Å². The summed E-state index contributed by atoms with van der Waals surface area (Å²) in [5.41, 5.74) is 2.56. The van der Waals surface area contributed by atoms with Gasteiger partial charge in [0.2, 0.25) is 10.0 Å². The van der Waals surface area contributed by atoms with E-state index in [1.807, 2.05) is 6.92 Å². The van der Waals surface area contributed by atoms with Crippen LogP contribution >= 0.6 is 27.3 Å². The number of benzene rings is 1. The number of methoxy groups -OCH3 is 1. The summed E-state index contributed by atoms with van der Waals surface area (Å²) in [5, 5.41) is 0. The van der Waals surface area contributed by atoms with Crippen molar-refractivity contribution < 1.29 is 13.2 Å². The van der Waals surface area contributed by atoms with Crippen LogP contribution in [0.5, 0.6) is 5.75 Å². The van der Waals surface area contributed by atoms with Crippen LogP contribution in [0.1, 0.15) is 10.6 Å². The first kappa shape index (κ1) is 16.4. The molecule has 0 aliphatic carbocycles. The van der Waals surface area contributed by atoms with E-state index in [4.69, 9.17) is 4.74 Å². The van der Waals surface area contributed by atoms with Crippen molar-refractivity contribution in [3.63, 3.8) is 0 Å². The van der Waals surface area contributed by atoms with Crippen LogP contribution in [-0.4, -0.2) is 31.9 Å². The van der Waals surface area contributed by atoms with Crippen molar-refractivity contribution >= 4 is 37.3 Å². The third-order valence-electron chi connectivity index (χ3n) is 3.03. The van der Waals surface area contributed by atoms with Crippen LogP contribution in [0, 0.1) is 6.92 Å². The summed E-state index contributed by atoms with van der Waals surface area (Å²) < 4.78 is 32.6. The van der Waals surface area contributed by atoms with Crippen LogP contribution in [0.3, 0.4) is 0 Å². The largest absolute Gasteiger partial charge is 0.495 e. The highest BCUT2D eigenvalue weighted by Crippen LogP contribution is 2.30. The molecule has 0 unspecified atom stereocenters. The lowest BCUT2D eigenvalue weighted by molar-refractivity contribution is 0.397. The van der Waals surface area contributed by atoms with E-state index in [1.165, 1.54) is 22.8 Å². The number of rotatable bonds is 5. The lowest BCUT2D eigenvalue weighted by Crippen LogP contribution is -2.26. The van der Waals surface area contributed by atoms with Crippen molar-refractivity contribution in [2.24, 2.45) is 0 Å². The van der Waals surface area contributed by atoms with Crippen LogP contribution in [0.4, 0.5) is 0 Å². The van der Waals surface area contributed by atoms with Crippen molar-refractivity contribution in [2.45, 2.75) is 18.4 Å². The van der Waals surface area contributed by atoms with E-state index in [2.05, 4.69) is 20.9 Å². The zero-order chi connectivity index (χ0) is 15.6. The Balaban J connectivity index is 2.37. The second-order valence-corrected chi connectivity index (χ2v) is 8.29. The number of nitrogens with zero attached hydrogens (tertiary/aromatic N) is 2. The number of aryl methyl sites for hydroxylation is 1. The van der Waals surface area contributed by atoms with Crippen LogP contribution < -0.4 is 4.74 Å². The van der Waals surface area contributed by atoms with Gasteiger partial charge in [-0.3, -0.25) is 0 Å². The molecule has 21 heavy (non-hydrogen) atoms. The summed E-state index contributed by atoms with van der Waals surface area (Å²) >= 11 is 4.74. The Bertz CT molecular complexity index is 744. The molecule has 0 saturated carbocycles. The molecule has 114 valence electrons. The molecule has 1 heterocycles. The average molecular weight is 391 g/mol. The molecule has 0 spiro atoms. The molecule has 8 heteroatoms. The van der Waals surface area contributed by atoms with Crippen LogP contribution in [0.25, 0.3) is 0 Å². The zero-order valence-electron chi connectivity index (χ0n) is 11.8. The molecule has 2 rings (SSSR count). The Morgan fingerprint density at radius 1 is 1.43 bits per heavy atom. The number of hydrogen-bond donors (Lipinski definition) is 0. The second kappa shape index (κ2) is 6.43. The Morgan fingerprint density at radius 3 is 2.71 bits per heavy atom. The molecule has 0 N–H and O–H groups in total. The molecule has 0 aliphatic heterocycles. The van der Waals surface area contributed by atoms with E-state index in [-0.39, 0.29) is 11.4 Å². The molecule has 0 fully saturated rings. The minimum Gasteiger partial charge on any atom is -0.495 e. The summed E-state index contributed by atoms with van der Waals surface area (Å²) in [6.45, 7) is 2.15. The SMILES string of the molecule is COc1ccc(Br)cc1S(=O)(=O)N(C)Cc1scnc1C. The third-order valence-corrected chi connectivity index (χ3v) is 6.26. The highest BCUT2D eigenvalue weighted by Gasteiger charge is 2.26. The molecule has 5 nitrogen and oxygen atoms in total. The smallest absolute Gasteiger partial charge is 0.246 e. The van der Waals surface area contributed by atoms with E-state index < -0.39 is 10.0 Å². The Morgan fingerprint density at radius 2 is 2.14 bits per heavy atom. The Labute approximate surface area is 136 Å². The van der Waals surface area contributed by atoms with Gasteiger partial charge in [0, 0.05) is 22.9 Å². The van der Waals surface area contributed by atoms with Gasteiger partial charge in [0.1, 0.15) is 10.6 Å². The highest BCUT2D eigenvalue weighted by atomic mass is 79.9. The van der Waals surface area contributed by atoms with Crippen molar-refractivity contribution in [2.75, 3.05) is 14.2 Å². The summed E-state index contributed by atoms with van der Waals surface area (Å²) in [6, 6.07) is 4.91. The number of sulfonamides is 1. The van der Waals surface area contributed by atoms with Gasteiger partial charge in [-0.1, -0.05) is 15.9 Å². The van der Waals surface area contributed by atoms with E-state index >= 15 is 0 Å². The maximum atomic E-state index is 12.7. The van der Waals surface area contributed by atoms with E-state index in [9.17, 15) is 8.42 Å². The van der Waals surface area contributed by atoms with Gasteiger partial charge in [-0.2, -0.15) is 4.31 Å². The number of halogens is 1. The second-order valence-electron chi connectivity index (χ2n) is 4.42. The molecule has 1 aromatic heterocycles. The van der Waals surface area contributed by atoms with Gasteiger partial charge in [-0.15, -0.1) is 11.3 Å². The van der Waals surface area contributed by atoms with Gasteiger partial charge in [0.15, 0.2) is 0 Å². The first-order valence-electron chi connectivity index (χ1n) is 6.05. The van der Waals surface area contributed by atoms with Crippen molar-refractivity contribution in [1.29, 1.82) is 0 Å². The highest BCUT2D eigenvalue weighted by molar-refractivity contribution is 9.10. The van der Waals surface area contributed by atoms with E-state index in [1.54, 1.807) is 30.8 Å². The number of thiazole rings is 1. The summed E-state index contributed by atoms with van der Waals surface area (Å²) in [4.78, 5) is 5.21. The van der Waals surface area contributed by atoms with Crippen molar-refractivity contribution in [3.05, 3.63) is 38.8 Å². The monoisotopic (exact) mass is 390 g/mol. The van der Waals surface area contributed by atoms with Crippen LogP contribution in [-0.2, 0) is 16.6 Å². The fraction of sp³-hybridized carbons (Fsp3) is 0.308. The molecule has 0 aliphatic rings. The Kier molecular flexibility index (Phi) is 5.03. The minimum atomic E-state index is -3.64. The molecular weight excluding hydrogens is 376 g/mol. The van der Waals surface area contributed by atoms with Crippen LogP contribution in [0.15, 0.2) is 33.1 Å². The number of hydrogen-bond acceptors (Lipinski definition) is 5. The first-order chi connectivity index (χ1) is 9.86. The number of aromatic nitrogens is 1. The average Bonchev–Trinajstić information content (AvgIpc) is 2.84. The molecule has 1 aromatic carbocycles. The van der Waals surface area contributed by atoms with Gasteiger partial charge in [0.25, 0.3) is 0 Å². The minimum absolute atomic E-state index is 0.143. The van der Waals surface area contributed by atoms with E-state index in [0.29, 0.717) is 10.2 Å². The van der Waals surface area contributed by atoms with Gasteiger partial charge >= 0.3 is 0 Å². The lowest BCUT2D eigenvalue weighted by Gasteiger charge is -2.18. The summed E-state index contributed by atoms with van der Waals surface area (Å²) in [5.74, 6) is 0.325. The predicted octanol–water partition coefficient (Wildman–Crippen LogP) is 3.04. The van der Waals surface area contributed by atoms with Crippen molar-refractivity contribution in [3.8, 4) is 5.75 Å². The van der Waals surface area contributed by atoms with Gasteiger partial charge in [0.05, 0.1) is 18.3 Å². The van der Waals surface area contributed by atoms with Gasteiger partial charge < -0.3 is 4.74 Å². The Hall–Kier alpha value is -0.960. The predicted molar refractivity (Wildman–Crippen MR) is 86.2 cm³/mol. The summed E-state index contributed by atoms with van der Waals surface area (Å²) in [6.07, 6.45) is 0. The van der Waals surface area contributed by atoms with E-state index in [0.717, 1.165) is 10.6 Å². The number of ether oxygens (including phenoxy) is 1. The fourth-order valence-corrected chi connectivity index (χ4v) is 4.53. The maximum absolute atomic E-state index is 12.7. The molecule has 2 aromatic rings. The molecule has 0 amide bonds. The van der Waals surface area contributed by atoms with Gasteiger partial charge in [-0.05, 0) is 25.1 Å². The maximum Gasteiger partial charge on any atom is 0.246 e. The molecular formula is C13H15BrN2O3S2. The van der Waals surface area contributed by atoms with Crippen molar-refractivity contribution in [1.82, 2.24) is 9.29 Å². The van der Waals surface area contributed by atoms with Gasteiger partial charge in [-0.25, -0.2) is 13.4 Å². The quantitative estimate of drug-likeness (QED) is 0.786. The molecule has 0 atom stereocenters. The fourth-order valence-electron chi connectivity index (χ4n) is 1.79. The summed E-state index contributed by atoms with van der Waals surface area (Å²) in [7, 11) is -0.635. The lowest BCUT2D eigenvalue weighted by atomic mass is 10.3. The normalized spacial score (nSPS) is 11.9. The zero-order valence-corrected chi connectivity index (χ0v) is 15.0. The third kappa shape index (κ3) is 3.45. The molecule has 0 radical (unpaired) electrons.